The lowest BCUT2D eigenvalue weighted by Crippen LogP contribution is -2.60. The second-order valence-electron chi connectivity index (χ2n) is 9.63. The number of amides is 5. The first kappa shape index (κ1) is 19.8. The first-order chi connectivity index (χ1) is 14.7. The Morgan fingerprint density at radius 1 is 1.23 bits per heavy atom. The number of aryl methyl sites for hydroxylation is 1. The van der Waals surface area contributed by atoms with Crippen LogP contribution in [0.15, 0.2) is 18.2 Å². The maximum absolute atomic E-state index is 13.1. The molecule has 2 aliphatic carbocycles. The Morgan fingerprint density at radius 3 is 2.58 bits per heavy atom. The molecule has 2 aliphatic heterocycles. The SMILES string of the molecule is Cc1ccc(C(=O)N2CC3(CC3)CC2CNC(=O)C2CC3(C2)NC(=O)NC3=O)cc1O. The van der Waals surface area contributed by atoms with Crippen LogP contribution in [0.4, 0.5) is 4.79 Å². The van der Waals surface area contributed by atoms with Crippen LogP contribution in [0.3, 0.4) is 0 Å². The molecule has 2 heterocycles. The van der Waals surface area contributed by atoms with Crippen molar-refractivity contribution in [2.24, 2.45) is 11.3 Å². The minimum absolute atomic E-state index is 0.0954. The van der Waals surface area contributed by atoms with Crippen LogP contribution in [0.25, 0.3) is 0 Å². The van der Waals surface area contributed by atoms with Crippen LogP contribution in [0.1, 0.15) is 48.0 Å². The quantitative estimate of drug-likeness (QED) is 0.530. The van der Waals surface area contributed by atoms with E-state index < -0.39 is 11.6 Å². The normalized spacial score (nSPS) is 30.2. The number of likely N-dealkylation sites (tertiary alicyclic amines) is 1. The summed E-state index contributed by atoms with van der Waals surface area (Å²) in [4.78, 5) is 50.9. The van der Waals surface area contributed by atoms with Gasteiger partial charge in [0.2, 0.25) is 5.91 Å². The fourth-order valence-corrected chi connectivity index (χ4v) is 5.18. The number of phenolic OH excluding ortho intramolecular Hbond substituents is 1. The average molecular weight is 426 g/mol. The number of hydrogen-bond acceptors (Lipinski definition) is 5. The summed E-state index contributed by atoms with van der Waals surface area (Å²) in [5.41, 5.74) is 0.372. The zero-order chi connectivity index (χ0) is 22.0. The van der Waals surface area contributed by atoms with E-state index in [1.807, 2.05) is 4.90 Å². The first-order valence-electron chi connectivity index (χ1n) is 10.7. The van der Waals surface area contributed by atoms with Crippen molar-refractivity contribution in [3.05, 3.63) is 29.3 Å². The summed E-state index contributed by atoms with van der Waals surface area (Å²) < 4.78 is 0. The molecule has 4 aliphatic rings. The predicted molar refractivity (Wildman–Crippen MR) is 109 cm³/mol. The Morgan fingerprint density at radius 2 is 1.97 bits per heavy atom. The molecule has 9 heteroatoms. The van der Waals surface area contributed by atoms with Crippen LogP contribution in [0.5, 0.6) is 5.75 Å². The molecule has 31 heavy (non-hydrogen) atoms. The third kappa shape index (κ3) is 3.32. The Labute approximate surface area is 179 Å². The molecular formula is C22H26N4O5. The maximum atomic E-state index is 13.1. The summed E-state index contributed by atoms with van der Waals surface area (Å²) in [5, 5.41) is 17.8. The first-order valence-corrected chi connectivity index (χ1v) is 10.7. The summed E-state index contributed by atoms with van der Waals surface area (Å²) in [7, 11) is 0. The van der Waals surface area contributed by atoms with Crippen molar-refractivity contribution in [3.63, 3.8) is 0 Å². The highest BCUT2D eigenvalue weighted by Gasteiger charge is 2.57. The number of imide groups is 1. The minimum Gasteiger partial charge on any atom is -0.508 e. The number of benzene rings is 1. The maximum Gasteiger partial charge on any atom is 0.322 e. The predicted octanol–water partition coefficient (Wildman–Crippen LogP) is 0.800. The van der Waals surface area contributed by atoms with Gasteiger partial charge in [0.05, 0.1) is 0 Å². The Hall–Kier alpha value is -3.10. The van der Waals surface area contributed by atoms with E-state index >= 15 is 0 Å². The molecule has 9 nitrogen and oxygen atoms in total. The van der Waals surface area contributed by atoms with Crippen LogP contribution in [0.2, 0.25) is 0 Å². The van der Waals surface area contributed by atoms with Gasteiger partial charge >= 0.3 is 6.03 Å². The lowest BCUT2D eigenvalue weighted by atomic mass is 9.68. The molecule has 1 aromatic carbocycles. The van der Waals surface area contributed by atoms with E-state index in [4.69, 9.17) is 0 Å². The van der Waals surface area contributed by atoms with Gasteiger partial charge in [0.15, 0.2) is 0 Å². The molecule has 5 rings (SSSR count). The molecule has 1 unspecified atom stereocenters. The highest BCUT2D eigenvalue weighted by atomic mass is 16.3. The summed E-state index contributed by atoms with van der Waals surface area (Å²) in [5.74, 6) is -0.897. The van der Waals surface area contributed by atoms with Gasteiger partial charge in [-0.3, -0.25) is 19.7 Å². The van der Waals surface area contributed by atoms with Crippen molar-refractivity contribution in [3.8, 4) is 5.75 Å². The van der Waals surface area contributed by atoms with Gasteiger partial charge in [-0.15, -0.1) is 0 Å². The molecule has 4 N–H and O–H groups in total. The molecule has 2 spiro atoms. The van der Waals surface area contributed by atoms with Gasteiger partial charge in [0.25, 0.3) is 11.8 Å². The molecule has 2 saturated heterocycles. The molecule has 1 aromatic rings. The Bertz CT molecular complexity index is 996. The van der Waals surface area contributed by atoms with E-state index in [0.717, 1.165) is 19.3 Å². The van der Waals surface area contributed by atoms with Gasteiger partial charge < -0.3 is 20.6 Å². The number of nitrogens with one attached hydrogen (secondary N) is 3. The van der Waals surface area contributed by atoms with E-state index in [1.165, 1.54) is 6.07 Å². The molecule has 5 amide bonds. The molecule has 164 valence electrons. The van der Waals surface area contributed by atoms with Crippen molar-refractivity contribution >= 4 is 23.8 Å². The third-order valence-electron chi connectivity index (χ3n) is 7.38. The monoisotopic (exact) mass is 426 g/mol. The topological polar surface area (TPSA) is 128 Å². The largest absolute Gasteiger partial charge is 0.508 e. The fourth-order valence-electron chi connectivity index (χ4n) is 5.18. The van der Waals surface area contributed by atoms with E-state index in [1.54, 1.807) is 19.1 Å². The van der Waals surface area contributed by atoms with Gasteiger partial charge in [-0.05, 0) is 62.1 Å². The Kier molecular flexibility index (Phi) is 4.29. The van der Waals surface area contributed by atoms with Crippen molar-refractivity contribution in [2.75, 3.05) is 13.1 Å². The van der Waals surface area contributed by atoms with E-state index in [2.05, 4.69) is 16.0 Å². The number of aromatic hydroxyl groups is 1. The number of carbonyl (C=O) groups excluding carboxylic acids is 4. The van der Waals surface area contributed by atoms with E-state index in [0.29, 0.717) is 24.2 Å². The number of phenols is 1. The molecule has 0 bridgehead atoms. The van der Waals surface area contributed by atoms with Crippen molar-refractivity contribution in [1.82, 2.24) is 20.9 Å². The zero-order valence-electron chi connectivity index (χ0n) is 17.4. The average Bonchev–Trinajstić information content (AvgIpc) is 3.24. The second kappa shape index (κ2) is 6.70. The molecule has 0 aromatic heterocycles. The van der Waals surface area contributed by atoms with Gasteiger partial charge in [0, 0.05) is 30.6 Å². The third-order valence-corrected chi connectivity index (χ3v) is 7.38. The van der Waals surface area contributed by atoms with Crippen LogP contribution in [0, 0.1) is 18.3 Å². The van der Waals surface area contributed by atoms with Crippen LogP contribution >= 0.6 is 0 Å². The summed E-state index contributed by atoms with van der Waals surface area (Å²) in [6, 6.07) is 4.33. The zero-order valence-corrected chi connectivity index (χ0v) is 17.4. The molecular weight excluding hydrogens is 400 g/mol. The summed E-state index contributed by atoms with van der Waals surface area (Å²) in [6.45, 7) is 2.80. The number of carbonyl (C=O) groups is 4. The molecule has 1 atom stereocenters. The van der Waals surface area contributed by atoms with Gasteiger partial charge in [-0.2, -0.15) is 0 Å². The lowest BCUT2D eigenvalue weighted by molar-refractivity contribution is -0.136. The van der Waals surface area contributed by atoms with Crippen LogP contribution < -0.4 is 16.0 Å². The minimum atomic E-state index is -0.944. The van der Waals surface area contributed by atoms with Crippen molar-refractivity contribution in [1.29, 1.82) is 0 Å². The lowest BCUT2D eigenvalue weighted by Gasteiger charge is -2.41. The van der Waals surface area contributed by atoms with Crippen molar-refractivity contribution in [2.45, 2.75) is 50.6 Å². The summed E-state index contributed by atoms with van der Waals surface area (Å²) in [6.07, 6.45) is 3.59. The fraction of sp³-hybridized carbons (Fsp3) is 0.545. The Balaban J connectivity index is 1.21. The van der Waals surface area contributed by atoms with Crippen LogP contribution in [-0.4, -0.2) is 58.4 Å². The number of nitrogens with zero attached hydrogens (tertiary/aromatic N) is 1. The van der Waals surface area contributed by atoms with Gasteiger partial charge in [-0.25, -0.2) is 4.79 Å². The van der Waals surface area contributed by atoms with Gasteiger partial charge in [-0.1, -0.05) is 6.07 Å². The molecule has 0 radical (unpaired) electrons. The standard InChI is InChI=1S/C22H26N4O5/c1-12-2-3-13(6-16(12)27)18(29)26-11-21(4-5-21)9-15(26)10-23-17(28)14-7-22(8-14)19(30)24-20(31)25-22/h2-3,6,14-15,27H,4-5,7-11H2,1H3,(H,23,28)(H2,24,25,30,31). The molecule has 2 saturated carbocycles. The highest BCUT2D eigenvalue weighted by molar-refractivity contribution is 6.08. The smallest absolute Gasteiger partial charge is 0.322 e. The van der Waals surface area contributed by atoms with E-state index in [-0.39, 0.29) is 53.7 Å². The summed E-state index contributed by atoms with van der Waals surface area (Å²) >= 11 is 0. The highest BCUT2D eigenvalue weighted by Crippen LogP contribution is 2.55. The van der Waals surface area contributed by atoms with E-state index in [9.17, 15) is 24.3 Å². The van der Waals surface area contributed by atoms with Crippen LogP contribution in [-0.2, 0) is 9.59 Å². The number of rotatable bonds is 4. The van der Waals surface area contributed by atoms with Gasteiger partial charge in [0.1, 0.15) is 11.3 Å². The number of urea groups is 1. The second-order valence-corrected chi connectivity index (χ2v) is 9.63. The van der Waals surface area contributed by atoms with Crippen molar-refractivity contribution < 1.29 is 24.3 Å². The molecule has 4 fully saturated rings. The number of hydrogen-bond donors (Lipinski definition) is 4.